The molecular weight excluding hydrogens is 450 g/mol. The summed E-state index contributed by atoms with van der Waals surface area (Å²) in [6, 6.07) is 9.73. The van der Waals surface area contributed by atoms with E-state index in [4.69, 9.17) is 11.6 Å². The molecule has 0 unspecified atom stereocenters. The number of hydrogen-bond acceptors (Lipinski definition) is 5. The Bertz CT molecular complexity index is 1210. The van der Waals surface area contributed by atoms with Crippen LogP contribution in [0.4, 0.5) is 5.69 Å². The van der Waals surface area contributed by atoms with E-state index in [1.807, 2.05) is 19.9 Å². The van der Waals surface area contributed by atoms with Crippen molar-refractivity contribution in [1.29, 1.82) is 0 Å². The molecule has 3 rings (SSSR count). The van der Waals surface area contributed by atoms with Gasteiger partial charge in [0.05, 0.1) is 33.1 Å². The van der Waals surface area contributed by atoms with Gasteiger partial charge in [-0.3, -0.25) is 4.79 Å². The van der Waals surface area contributed by atoms with Crippen molar-refractivity contribution in [3.05, 3.63) is 65.1 Å². The number of benzene rings is 1. The fourth-order valence-corrected chi connectivity index (χ4v) is 5.06. The van der Waals surface area contributed by atoms with Gasteiger partial charge in [0, 0.05) is 19.3 Å². The molecule has 0 bridgehead atoms. The first kappa shape index (κ1) is 23.9. The SMILES string of the molecule is CCN(CC)S(=O)(=O)c1ccc(Cl)c(NC(=O)c2cnn(-c3ccccn3)c2C(C)C)c1. The molecule has 1 aromatic carbocycles. The zero-order valence-corrected chi connectivity index (χ0v) is 20.0. The number of carbonyl (C=O) groups is 1. The number of hydrogen-bond donors (Lipinski definition) is 1. The van der Waals surface area contributed by atoms with Crippen LogP contribution in [0.3, 0.4) is 0 Å². The zero-order valence-electron chi connectivity index (χ0n) is 18.4. The minimum atomic E-state index is -3.70. The Morgan fingerprint density at radius 3 is 2.50 bits per heavy atom. The van der Waals surface area contributed by atoms with Crippen molar-refractivity contribution in [3.63, 3.8) is 0 Å². The molecule has 0 atom stereocenters. The van der Waals surface area contributed by atoms with Gasteiger partial charge in [-0.05, 0) is 36.2 Å². The highest BCUT2D eigenvalue weighted by atomic mass is 35.5. The minimum absolute atomic E-state index is 0.0230. The Hall–Kier alpha value is -2.75. The van der Waals surface area contributed by atoms with Crippen LogP contribution in [0.1, 0.15) is 49.7 Å². The van der Waals surface area contributed by atoms with E-state index < -0.39 is 15.9 Å². The highest BCUT2D eigenvalue weighted by molar-refractivity contribution is 7.89. The van der Waals surface area contributed by atoms with Gasteiger partial charge in [-0.1, -0.05) is 45.4 Å². The Labute approximate surface area is 193 Å². The highest BCUT2D eigenvalue weighted by Gasteiger charge is 2.25. The molecule has 2 aromatic heterocycles. The Morgan fingerprint density at radius 2 is 1.91 bits per heavy atom. The van der Waals surface area contributed by atoms with Crippen molar-refractivity contribution in [2.24, 2.45) is 0 Å². The molecule has 170 valence electrons. The summed E-state index contributed by atoms with van der Waals surface area (Å²) in [5, 5.41) is 7.34. The number of nitrogens with zero attached hydrogens (tertiary/aromatic N) is 4. The summed E-state index contributed by atoms with van der Waals surface area (Å²) in [6.07, 6.45) is 3.13. The molecule has 0 aliphatic rings. The molecule has 2 heterocycles. The van der Waals surface area contributed by atoms with E-state index in [1.165, 1.54) is 28.7 Å². The monoisotopic (exact) mass is 475 g/mol. The standard InChI is InChI=1S/C22H26ClN5O3S/c1-5-27(6-2)32(30,31)16-10-11-18(23)19(13-16)26-22(29)17-14-25-28(21(17)15(3)4)20-9-7-8-12-24-20/h7-15H,5-6H2,1-4H3,(H,26,29). The summed E-state index contributed by atoms with van der Waals surface area (Å²) >= 11 is 6.27. The molecule has 0 aliphatic carbocycles. The summed E-state index contributed by atoms with van der Waals surface area (Å²) in [5.74, 6) is 0.140. The van der Waals surface area contributed by atoms with E-state index in [0.717, 1.165) is 0 Å². The lowest BCUT2D eigenvalue weighted by atomic mass is 10.1. The summed E-state index contributed by atoms with van der Waals surface area (Å²) in [5.41, 5.74) is 1.26. The van der Waals surface area contributed by atoms with Crippen molar-refractivity contribution in [2.45, 2.75) is 38.5 Å². The molecule has 8 nitrogen and oxygen atoms in total. The van der Waals surface area contributed by atoms with Gasteiger partial charge in [0.2, 0.25) is 10.0 Å². The topological polar surface area (TPSA) is 97.2 Å². The molecule has 0 radical (unpaired) electrons. The number of amides is 1. The summed E-state index contributed by atoms with van der Waals surface area (Å²) in [4.78, 5) is 17.5. The molecule has 3 aromatic rings. The second kappa shape index (κ2) is 9.81. The number of aromatic nitrogens is 3. The third-order valence-electron chi connectivity index (χ3n) is 4.99. The molecular formula is C22H26ClN5O3S. The van der Waals surface area contributed by atoms with E-state index in [0.29, 0.717) is 30.2 Å². The van der Waals surface area contributed by atoms with E-state index in [1.54, 1.807) is 36.9 Å². The number of anilines is 1. The van der Waals surface area contributed by atoms with Gasteiger partial charge in [0.25, 0.3) is 5.91 Å². The number of halogens is 1. The third-order valence-corrected chi connectivity index (χ3v) is 7.37. The van der Waals surface area contributed by atoms with Gasteiger partial charge in [0.15, 0.2) is 5.82 Å². The minimum Gasteiger partial charge on any atom is -0.320 e. The van der Waals surface area contributed by atoms with Crippen LogP contribution in [0, 0.1) is 0 Å². The molecule has 0 saturated carbocycles. The van der Waals surface area contributed by atoms with Crippen LogP contribution in [0.25, 0.3) is 5.82 Å². The lowest BCUT2D eigenvalue weighted by molar-refractivity contribution is 0.102. The lowest BCUT2D eigenvalue weighted by Gasteiger charge is -2.19. The number of sulfonamides is 1. The molecule has 32 heavy (non-hydrogen) atoms. The van der Waals surface area contributed by atoms with Crippen LogP contribution in [-0.4, -0.2) is 46.5 Å². The first-order valence-corrected chi connectivity index (χ1v) is 12.1. The third kappa shape index (κ3) is 4.69. The van der Waals surface area contributed by atoms with E-state index in [2.05, 4.69) is 15.4 Å². The summed E-state index contributed by atoms with van der Waals surface area (Å²) in [6.45, 7) is 8.13. The van der Waals surface area contributed by atoms with Crippen molar-refractivity contribution >= 4 is 33.2 Å². The lowest BCUT2D eigenvalue weighted by Crippen LogP contribution is -2.30. The van der Waals surface area contributed by atoms with Gasteiger partial charge in [-0.15, -0.1) is 0 Å². The molecule has 0 fully saturated rings. The number of pyridine rings is 1. The molecule has 0 saturated heterocycles. The van der Waals surface area contributed by atoms with Crippen LogP contribution in [-0.2, 0) is 10.0 Å². The largest absolute Gasteiger partial charge is 0.320 e. The van der Waals surface area contributed by atoms with Crippen molar-refractivity contribution in [2.75, 3.05) is 18.4 Å². The Kier molecular flexibility index (Phi) is 7.33. The first-order chi connectivity index (χ1) is 15.2. The van der Waals surface area contributed by atoms with Gasteiger partial charge in [-0.2, -0.15) is 9.40 Å². The summed E-state index contributed by atoms with van der Waals surface area (Å²) in [7, 11) is -3.70. The quantitative estimate of drug-likeness (QED) is 0.523. The molecule has 1 N–H and O–H groups in total. The average molecular weight is 476 g/mol. The predicted molar refractivity (Wildman–Crippen MR) is 125 cm³/mol. The maximum absolute atomic E-state index is 13.1. The van der Waals surface area contributed by atoms with Crippen molar-refractivity contribution < 1.29 is 13.2 Å². The summed E-state index contributed by atoms with van der Waals surface area (Å²) < 4.78 is 28.7. The maximum atomic E-state index is 13.1. The Morgan fingerprint density at radius 1 is 1.19 bits per heavy atom. The Balaban J connectivity index is 1.97. The molecule has 1 amide bonds. The molecule has 10 heteroatoms. The van der Waals surface area contributed by atoms with Crippen LogP contribution >= 0.6 is 11.6 Å². The molecule has 0 spiro atoms. The smallest absolute Gasteiger partial charge is 0.259 e. The number of nitrogens with one attached hydrogen (secondary N) is 1. The van der Waals surface area contributed by atoms with Crippen LogP contribution in [0.2, 0.25) is 5.02 Å². The zero-order chi connectivity index (χ0) is 23.5. The number of rotatable bonds is 8. The van der Waals surface area contributed by atoms with E-state index >= 15 is 0 Å². The second-order valence-corrected chi connectivity index (χ2v) is 9.73. The first-order valence-electron chi connectivity index (χ1n) is 10.3. The fraction of sp³-hybridized carbons (Fsp3) is 0.318. The van der Waals surface area contributed by atoms with Gasteiger partial charge < -0.3 is 5.32 Å². The normalized spacial score (nSPS) is 11.8. The van der Waals surface area contributed by atoms with Gasteiger partial charge in [-0.25, -0.2) is 18.1 Å². The fourth-order valence-electron chi connectivity index (χ4n) is 3.41. The van der Waals surface area contributed by atoms with Gasteiger partial charge in [0.1, 0.15) is 0 Å². The van der Waals surface area contributed by atoms with Crippen LogP contribution in [0.15, 0.2) is 53.7 Å². The van der Waals surface area contributed by atoms with Crippen LogP contribution < -0.4 is 5.32 Å². The van der Waals surface area contributed by atoms with Crippen LogP contribution in [0.5, 0.6) is 0 Å². The number of carbonyl (C=O) groups excluding carboxylic acids is 1. The highest BCUT2D eigenvalue weighted by Crippen LogP contribution is 2.29. The van der Waals surface area contributed by atoms with Crippen molar-refractivity contribution in [3.8, 4) is 5.82 Å². The van der Waals surface area contributed by atoms with Gasteiger partial charge >= 0.3 is 0 Å². The van der Waals surface area contributed by atoms with E-state index in [9.17, 15) is 13.2 Å². The predicted octanol–water partition coefficient (Wildman–Crippen LogP) is 4.33. The van der Waals surface area contributed by atoms with E-state index in [-0.39, 0.29) is 21.5 Å². The second-order valence-electron chi connectivity index (χ2n) is 7.38. The van der Waals surface area contributed by atoms with Crippen molar-refractivity contribution in [1.82, 2.24) is 19.1 Å². The maximum Gasteiger partial charge on any atom is 0.259 e. The average Bonchev–Trinajstić information content (AvgIpc) is 3.22. The molecule has 0 aliphatic heterocycles.